The van der Waals surface area contributed by atoms with Crippen LogP contribution < -0.4 is 5.32 Å². The summed E-state index contributed by atoms with van der Waals surface area (Å²) in [6.45, 7) is 9.76. The van der Waals surface area contributed by atoms with E-state index in [1.54, 1.807) is 0 Å². The quantitative estimate of drug-likeness (QED) is 0.472. The highest BCUT2D eigenvalue weighted by molar-refractivity contribution is 7.88. The van der Waals surface area contributed by atoms with Gasteiger partial charge in [-0.15, -0.1) is 11.3 Å². The fourth-order valence-electron chi connectivity index (χ4n) is 3.37. The summed E-state index contributed by atoms with van der Waals surface area (Å²) in [5.74, 6) is -0.263. The second-order valence-corrected chi connectivity index (χ2v) is 11.2. The number of nitrogens with zero attached hydrogens (tertiary/aromatic N) is 4. The number of hydrogen-bond donors (Lipinski definition) is 2. The zero-order valence-corrected chi connectivity index (χ0v) is 19.4. The molecule has 2 aromatic rings. The molecule has 2 aromatic heterocycles. The van der Waals surface area contributed by atoms with Gasteiger partial charge in [0.2, 0.25) is 21.7 Å². The van der Waals surface area contributed by atoms with E-state index < -0.39 is 51.8 Å². The maximum absolute atomic E-state index is 14.6. The third-order valence-corrected chi connectivity index (χ3v) is 7.72. The topological polar surface area (TPSA) is 99.8 Å². The lowest BCUT2D eigenvalue weighted by Crippen LogP contribution is -2.49. The summed E-state index contributed by atoms with van der Waals surface area (Å²) in [5, 5.41) is 12.9. The van der Waals surface area contributed by atoms with Gasteiger partial charge in [0.05, 0.1) is 30.2 Å². The standard InChI is InChI=1S/C19H21F4N5O3S2/c1-18(2,29)16-13(24-3)7-14(32-16)15-10(19(21,22)23)8-25-17(27-15)26-12-5-6-28(9-11(12)20)33(4,30)31/h7-8,11-12,29H,5-6,9H2,1-2,4H3,(H,25,26,27)/t11-,12-/m1/s1. The van der Waals surface area contributed by atoms with Crippen LogP contribution in [-0.4, -0.2) is 59.4 Å². The summed E-state index contributed by atoms with van der Waals surface area (Å²) in [6, 6.07) is 0.316. The molecule has 33 heavy (non-hydrogen) atoms. The summed E-state index contributed by atoms with van der Waals surface area (Å²) in [5.41, 5.74) is -3.10. The van der Waals surface area contributed by atoms with Crippen molar-refractivity contribution >= 4 is 33.0 Å². The molecule has 0 saturated carbocycles. The van der Waals surface area contributed by atoms with Crippen molar-refractivity contribution in [1.82, 2.24) is 14.3 Å². The third kappa shape index (κ3) is 5.60. The number of alkyl halides is 4. The minimum absolute atomic E-state index is 0.000376. The first-order valence-electron chi connectivity index (χ1n) is 9.65. The molecule has 1 saturated heterocycles. The van der Waals surface area contributed by atoms with Crippen molar-refractivity contribution in [1.29, 1.82) is 0 Å². The summed E-state index contributed by atoms with van der Waals surface area (Å²) in [4.78, 5) is 11.1. The maximum atomic E-state index is 14.6. The summed E-state index contributed by atoms with van der Waals surface area (Å²) >= 11 is 0.804. The van der Waals surface area contributed by atoms with Crippen LogP contribution in [0, 0.1) is 6.57 Å². The van der Waals surface area contributed by atoms with Gasteiger partial charge in [0, 0.05) is 29.0 Å². The van der Waals surface area contributed by atoms with Crippen LogP contribution in [0.5, 0.6) is 0 Å². The van der Waals surface area contributed by atoms with E-state index in [2.05, 4.69) is 20.1 Å². The normalized spacial score (nSPS) is 20.5. The highest BCUT2D eigenvalue weighted by Gasteiger charge is 2.38. The van der Waals surface area contributed by atoms with Gasteiger partial charge < -0.3 is 10.4 Å². The minimum Gasteiger partial charge on any atom is -0.386 e. The number of piperidine rings is 1. The lowest BCUT2D eigenvalue weighted by Gasteiger charge is -2.33. The van der Waals surface area contributed by atoms with E-state index in [1.807, 2.05) is 0 Å². The van der Waals surface area contributed by atoms with Crippen molar-refractivity contribution in [2.45, 2.75) is 44.3 Å². The second kappa shape index (κ2) is 8.79. The highest BCUT2D eigenvalue weighted by Crippen LogP contribution is 2.45. The van der Waals surface area contributed by atoms with E-state index in [4.69, 9.17) is 6.57 Å². The summed E-state index contributed by atoms with van der Waals surface area (Å²) < 4.78 is 79.7. The molecule has 3 heterocycles. The second-order valence-electron chi connectivity index (χ2n) is 8.13. The van der Waals surface area contributed by atoms with Gasteiger partial charge in [0.15, 0.2) is 0 Å². The van der Waals surface area contributed by atoms with Gasteiger partial charge in [-0.05, 0) is 26.3 Å². The van der Waals surface area contributed by atoms with Gasteiger partial charge in [-0.3, -0.25) is 0 Å². The molecule has 0 amide bonds. The smallest absolute Gasteiger partial charge is 0.386 e. The first kappa shape index (κ1) is 25.3. The first-order valence-corrected chi connectivity index (χ1v) is 12.3. The number of sulfonamides is 1. The Hall–Kier alpha value is -2.34. The zero-order chi connectivity index (χ0) is 24.8. The van der Waals surface area contributed by atoms with Gasteiger partial charge in [0.1, 0.15) is 11.7 Å². The van der Waals surface area contributed by atoms with E-state index in [0.29, 0.717) is 6.20 Å². The molecular formula is C19H21F4N5O3S2. The van der Waals surface area contributed by atoms with Gasteiger partial charge in [-0.25, -0.2) is 27.6 Å². The first-order chi connectivity index (χ1) is 15.1. The SMILES string of the molecule is [C-]#[N+]c1cc(-c2nc(N[C@@H]3CCN(S(C)(=O)=O)C[C@H]3F)ncc2C(F)(F)F)sc1C(C)(C)O. The molecule has 0 radical (unpaired) electrons. The van der Waals surface area contributed by atoms with E-state index in [1.165, 1.54) is 19.9 Å². The van der Waals surface area contributed by atoms with Crippen molar-refractivity contribution in [3.8, 4) is 10.6 Å². The molecule has 0 bridgehead atoms. The highest BCUT2D eigenvalue weighted by atomic mass is 32.2. The Morgan fingerprint density at radius 1 is 1.36 bits per heavy atom. The van der Waals surface area contributed by atoms with E-state index >= 15 is 0 Å². The van der Waals surface area contributed by atoms with Crippen LogP contribution in [0.1, 0.15) is 30.7 Å². The number of rotatable bonds is 5. The maximum Gasteiger partial charge on any atom is 0.420 e. The molecule has 3 rings (SSSR count). The Morgan fingerprint density at radius 2 is 2.03 bits per heavy atom. The molecule has 0 spiro atoms. The molecule has 2 N–H and O–H groups in total. The fraction of sp³-hybridized carbons (Fsp3) is 0.526. The molecule has 1 fully saturated rings. The van der Waals surface area contributed by atoms with Crippen LogP contribution in [0.25, 0.3) is 15.4 Å². The van der Waals surface area contributed by atoms with Crippen LogP contribution in [0.15, 0.2) is 12.3 Å². The number of anilines is 1. The largest absolute Gasteiger partial charge is 0.420 e. The van der Waals surface area contributed by atoms with Crippen LogP contribution >= 0.6 is 11.3 Å². The molecular weight excluding hydrogens is 486 g/mol. The Kier molecular flexibility index (Phi) is 6.73. The van der Waals surface area contributed by atoms with E-state index in [-0.39, 0.29) is 34.4 Å². The van der Waals surface area contributed by atoms with Gasteiger partial charge in [-0.2, -0.15) is 17.5 Å². The number of nitrogens with one attached hydrogen (secondary N) is 1. The average molecular weight is 508 g/mol. The molecule has 8 nitrogen and oxygen atoms in total. The van der Waals surface area contributed by atoms with Crippen LogP contribution in [0.3, 0.4) is 0 Å². The number of aliphatic hydroxyl groups is 1. The van der Waals surface area contributed by atoms with Crippen LogP contribution in [0.2, 0.25) is 0 Å². The number of aromatic nitrogens is 2. The Balaban J connectivity index is 1.98. The molecule has 0 unspecified atom stereocenters. The average Bonchev–Trinajstić information content (AvgIpc) is 3.13. The van der Waals surface area contributed by atoms with Gasteiger partial charge >= 0.3 is 6.18 Å². The molecule has 1 aliphatic rings. The van der Waals surface area contributed by atoms with Crippen LogP contribution in [0.4, 0.5) is 29.2 Å². The Labute approximate surface area is 192 Å². The van der Waals surface area contributed by atoms with Crippen molar-refractivity contribution in [3.63, 3.8) is 0 Å². The van der Waals surface area contributed by atoms with Crippen molar-refractivity contribution in [3.05, 3.63) is 34.1 Å². The van der Waals surface area contributed by atoms with Gasteiger partial charge in [0.25, 0.3) is 0 Å². The van der Waals surface area contributed by atoms with Crippen molar-refractivity contribution < 1.29 is 31.1 Å². The molecule has 180 valence electrons. The lowest BCUT2D eigenvalue weighted by molar-refractivity contribution is -0.137. The van der Waals surface area contributed by atoms with Crippen LogP contribution in [-0.2, 0) is 21.8 Å². The van der Waals surface area contributed by atoms with Crippen molar-refractivity contribution in [2.24, 2.45) is 0 Å². The number of halogens is 4. The molecule has 1 aliphatic heterocycles. The van der Waals surface area contributed by atoms with Crippen molar-refractivity contribution in [2.75, 3.05) is 24.7 Å². The van der Waals surface area contributed by atoms with E-state index in [9.17, 15) is 31.1 Å². The number of hydrogen-bond acceptors (Lipinski definition) is 7. The lowest BCUT2D eigenvalue weighted by atomic mass is 10.1. The zero-order valence-electron chi connectivity index (χ0n) is 17.8. The number of thiophene rings is 1. The van der Waals surface area contributed by atoms with E-state index in [0.717, 1.165) is 21.9 Å². The Bertz CT molecular complexity index is 1190. The monoisotopic (exact) mass is 507 g/mol. The molecule has 0 aromatic carbocycles. The minimum atomic E-state index is -4.80. The summed E-state index contributed by atoms with van der Waals surface area (Å²) in [7, 11) is -3.57. The predicted octanol–water partition coefficient (Wildman–Crippen LogP) is 3.79. The third-order valence-electron chi connectivity index (χ3n) is 5.00. The van der Waals surface area contributed by atoms with Gasteiger partial charge in [-0.1, -0.05) is 0 Å². The molecule has 14 heteroatoms. The molecule has 0 aliphatic carbocycles. The predicted molar refractivity (Wildman–Crippen MR) is 115 cm³/mol. The fourth-order valence-corrected chi connectivity index (χ4v) is 5.32. The molecule has 2 atom stereocenters. The Morgan fingerprint density at radius 3 is 2.52 bits per heavy atom. The summed E-state index contributed by atoms with van der Waals surface area (Å²) in [6.07, 6.45) is -4.81.